The summed E-state index contributed by atoms with van der Waals surface area (Å²) in [5.74, 6) is 0. The molecule has 0 bridgehead atoms. The summed E-state index contributed by atoms with van der Waals surface area (Å²) in [6, 6.07) is 6.31. The number of thiazole rings is 1. The Bertz CT molecular complexity index is 508. The van der Waals surface area contributed by atoms with Gasteiger partial charge in [-0.25, -0.2) is 4.98 Å². The van der Waals surface area contributed by atoms with Gasteiger partial charge < -0.3 is 5.32 Å². The first kappa shape index (κ1) is 12.7. The number of hydrogen-bond donors (Lipinski definition) is 1. The van der Waals surface area contributed by atoms with E-state index in [0.717, 1.165) is 28.3 Å². The van der Waals surface area contributed by atoms with E-state index in [1.165, 1.54) is 11.1 Å². The molecule has 1 N–H and O–H groups in total. The molecule has 0 unspecified atom stereocenters. The summed E-state index contributed by atoms with van der Waals surface area (Å²) in [6.07, 6.45) is 0. The molecule has 0 aliphatic heterocycles. The molecule has 2 nitrogen and oxygen atoms in total. The minimum Gasteiger partial charge on any atom is -0.311 e. The summed E-state index contributed by atoms with van der Waals surface area (Å²) in [6.45, 7) is 6.04. The third-order valence-corrected chi connectivity index (χ3v) is 3.96. The maximum absolute atomic E-state index is 4.66. The molecule has 0 saturated heterocycles. The lowest BCUT2D eigenvalue weighted by molar-refractivity contribution is 0.715. The first-order chi connectivity index (χ1) is 8.20. The van der Waals surface area contributed by atoms with Gasteiger partial charge in [-0.15, -0.1) is 11.3 Å². The van der Waals surface area contributed by atoms with Crippen molar-refractivity contribution in [3.63, 3.8) is 0 Å². The van der Waals surface area contributed by atoms with Crippen molar-refractivity contribution in [3.05, 3.63) is 39.3 Å². The zero-order valence-corrected chi connectivity index (χ0v) is 12.4. The largest absolute Gasteiger partial charge is 0.311 e. The first-order valence-corrected chi connectivity index (χ1v) is 7.29. The monoisotopic (exact) mass is 310 g/mol. The van der Waals surface area contributed by atoms with E-state index >= 15 is 0 Å². The molecule has 0 atom stereocenters. The Morgan fingerprint density at radius 1 is 1.41 bits per heavy atom. The number of aromatic nitrogens is 1. The Labute approximate surface area is 114 Å². The smallest absolute Gasteiger partial charge is 0.123 e. The van der Waals surface area contributed by atoms with Gasteiger partial charge in [0.25, 0.3) is 0 Å². The summed E-state index contributed by atoms with van der Waals surface area (Å²) in [7, 11) is 0. The number of rotatable bonds is 4. The van der Waals surface area contributed by atoms with Crippen LogP contribution in [0.1, 0.15) is 18.2 Å². The van der Waals surface area contributed by atoms with Crippen LogP contribution in [0.5, 0.6) is 0 Å². The number of hydrogen-bond acceptors (Lipinski definition) is 3. The fourth-order valence-corrected chi connectivity index (χ4v) is 2.85. The molecule has 0 radical (unpaired) electrons. The highest BCUT2D eigenvalue weighted by molar-refractivity contribution is 9.10. The summed E-state index contributed by atoms with van der Waals surface area (Å²) in [4.78, 5) is 4.66. The van der Waals surface area contributed by atoms with E-state index in [-0.39, 0.29) is 0 Å². The molecule has 0 spiro atoms. The maximum Gasteiger partial charge on any atom is 0.123 e. The predicted octanol–water partition coefficient (Wildman–Crippen LogP) is 3.99. The third-order valence-electron chi connectivity index (χ3n) is 2.54. The maximum atomic E-state index is 4.66. The highest BCUT2D eigenvalue weighted by Crippen LogP contribution is 2.29. The summed E-state index contributed by atoms with van der Waals surface area (Å²) in [5.41, 5.74) is 3.59. The molecule has 0 saturated carbocycles. The fraction of sp³-hybridized carbons (Fsp3) is 0.308. The van der Waals surface area contributed by atoms with Crippen LogP contribution in [0.15, 0.2) is 28.1 Å². The summed E-state index contributed by atoms with van der Waals surface area (Å²) in [5, 5.41) is 6.51. The van der Waals surface area contributed by atoms with Crippen molar-refractivity contribution in [2.45, 2.75) is 20.4 Å². The number of nitrogens with zero attached hydrogens (tertiary/aromatic N) is 1. The Kier molecular flexibility index (Phi) is 4.31. The van der Waals surface area contributed by atoms with Gasteiger partial charge in [0.2, 0.25) is 0 Å². The molecule has 2 rings (SSSR count). The van der Waals surface area contributed by atoms with Crippen molar-refractivity contribution < 1.29 is 0 Å². The second-order valence-corrected chi connectivity index (χ2v) is 5.66. The molecule has 1 heterocycles. The van der Waals surface area contributed by atoms with Crippen LogP contribution in [0, 0.1) is 6.92 Å². The van der Waals surface area contributed by atoms with Crippen molar-refractivity contribution in [2.24, 2.45) is 0 Å². The molecule has 2 aromatic rings. The number of nitrogens with one attached hydrogen (secondary N) is 1. The van der Waals surface area contributed by atoms with Gasteiger partial charge in [0.1, 0.15) is 5.01 Å². The molecule has 0 amide bonds. The van der Waals surface area contributed by atoms with Crippen molar-refractivity contribution in [1.29, 1.82) is 0 Å². The minimum atomic E-state index is 0.847. The summed E-state index contributed by atoms with van der Waals surface area (Å²) >= 11 is 5.21. The average molecular weight is 311 g/mol. The highest BCUT2D eigenvalue weighted by Gasteiger charge is 2.07. The van der Waals surface area contributed by atoms with Crippen molar-refractivity contribution in [3.8, 4) is 10.6 Å². The standard InChI is InChI=1S/C13H15BrN2S/c1-3-15-7-11-8-17-13(16-11)12-6-10(14)5-4-9(12)2/h4-6,8,15H,3,7H2,1-2H3. The molecule has 17 heavy (non-hydrogen) atoms. The second-order valence-electron chi connectivity index (χ2n) is 3.88. The fourth-order valence-electron chi connectivity index (χ4n) is 1.59. The molecular formula is C13H15BrN2S. The van der Waals surface area contributed by atoms with Gasteiger partial charge in [-0.05, 0) is 31.2 Å². The normalized spacial score (nSPS) is 10.8. The first-order valence-electron chi connectivity index (χ1n) is 5.62. The van der Waals surface area contributed by atoms with E-state index in [9.17, 15) is 0 Å². The van der Waals surface area contributed by atoms with E-state index in [0.29, 0.717) is 0 Å². The molecule has 0 fully saturated rings. The van der Waals surface area contributed by atoms with Gasteiger partial charge in [-0.3, -0.25) is 0 Å². The highest BCUT2D eigenvalue weighted by atomic mass is 79.9. The van der Waals surface area contributed by atoms with Crippen molar-refractivity contribution in [2.75, 3.05) is 6.54 Å². The zero-order valence-electron chi connectivity index (χ0n) is 9.96. The quantitative estimate of drug-likeness (QED) is 0.923. The Morgan fingerprint density at radius 2 is 2.24 bits per heavy atom. The van der Waals surface area contributed by atoms with Crippen molar-refractivity contribution >= 4 is 27.3 Å². The zero-order chi connectivity index (χ0) is 12.3. The van der Waals surface area contributed by atoms with E-state index in [2.05, 4.69) is 63.7 Å². The van der Waals surface area contributed by atoms with E-state index in [1.54, 1.807) is 11.3 Å². The Morgan fingerprint density at radius 3 is 3.00 bits per heavy atom. The van der Waals surface area contributed by atoms with Crippen LogP contribution in [-0.2, 0) is 6.54 Å². The van der Waals surface area contributed by atoms with Gasteiger partial charge in [-0.2, -0.15) is 0 Å². The lowest BCUT2D eigenvalue weighted by atomic mass is 10.1. The van der Waals surface area contributed by atoms with Crippen LogP contribution < -0.4 is 5.32 Å². The Balaban J connectivity index is 2.27. The van der Waals surface area contributed by atoms with Crippen LogP contribution in [0.3, 0.4) is 0 Å². The van der Waals surface area contributed by atoms with Crippen LogP contribution in [0.2, 0.25) is 0 Å². The van der Waals surface area contributed by atoms with Gasteiger partial charge in [0.05, 0.1) is 5.69 Å². The van der Waals surface area contributed by atoms with Crippen LogP contribution in [-0.4, -0.2) is 11.5 Å². The molecule has 4 heteroatoms. The second kappa shape index (κ2) is 5.76. The van der Waals surface area contributed by atoms with Gasteiger partial charge in [-0.1, -0.05) is 28.9 Å². The number of benzene rings is 1. The summed E-state index contributed by atoms with van der Waals surface area (Å²) < 4.78 is 1.10. The number of halogens is 1. The third kappa shape index (κ3) is 3.15. The van der Waals surface area contributed by atoms with E-state index in [4.69, 9.17) is 0 Å². The average Bonchev–Trinajstić information content (AvgIpc) is 2.78. The van der Waals surface area contributed by atoms with E-state index in [1.807, 2.05) is 0 Å². The number of aryl methyl sites for hydroxylation is 1. The van der Waals surface area contributed by atoms with Gasteiger partial charge in [0, 0.05) is 22.0 Å². The molecule has 0 aliphatic carbocycles. The molecule has 1 aromatic carbocycles. The topological polar surface area (TPSA) is 24.9 Å². The predicted molar refractivity (Wildman–Crippen MR) is 77.4 cm³/mol. The van der Waals surface area contributed by atoms with Gasteiger partial charge >= 0.3 is 0 Å². The lowest BCUT2D eigenvalue weighted by Crippen LogP contribution is -2.11. The van der Waals surface area contributed by atoms with Crippen LogP contribution >= 0.6 is 27.3 Å². The van der Waals surface area contributed by atoms with Crippen molar-refractivity contribution in [1.82, 2.24) is 10.3 Å². The molecule has 90 valence electrons. The van der Waals surface area contributed by atoms with E-state index < -0.39 is 0 Å². The van der Waals surface area contributed by atoms with Crippen LogP contribution in [0.4, 0.5) is 0 Å². The minimum absolute atomic E-state index is 0.847. The molecule has 1 aromatic heterocycles. The Hall–Kier alpha value is -0.710. The molecular weight excluding hydrogens is 296 g/mol. The SMILES string of the molecule is CCNCc1csc(-c2cc(Br)ccc2C)n1. The molecule has 0 aliphatic rings. The van der Waals surface area contributed by atoms with Gasteiger partial charge in [0.15, 0.2) is 0 Å². The lowest BCUT2D eigenvalue weighted by Gasteiger charge is -2.02. The van der Waals surface area contributed by atoms with Crippen LogP contribution in [0.25, 0.3) is 10.6 Å².